The molecule has 130 valence electrons. The van der Waals surface area contributed by atoms with Gasteiger partial charge in [0.05, 0.1) is 12.2 Å². The first kappa shape index (κ1) is 15.9. The predicted octanol–water partition coefficient (Wildman–Crippen LogP) is 3.08. The van der Waals surface area contributed by atoms with E-state index in [1.54, 1.807) is 35.1 Å². The van der Waals surface area contributed by atoms with Crippen LogP contribution in [0.5, 0.6) is 0 Å². The van der Waals surface area contributed by atoms with E-state index in [9.17, 15) is 9.59 Å². The van der Waals surface area contributed by atoms with Crippen molar-refractivity contribution < 1.29 is 14.3 Å². The summed E-state index contributed by atoms with van der Waals surface area (Å²) in [6, 6.07) is 16.1. The second kappa shape index (κ2) is 6.72. The van der Waals surface area contributed by atoms with Crippen molar-refractivity contribution in [3.63, 3.8) is 0 Å². The Kier molecular flexibility index (Phi) is 4.10. The van der Waals surface area contributed by atoms with Crippen LogP contribution in [0.15, 0.2) is 67.0 Å². The summed E-state index contributed by atoms with van der Waals surface area (Å²) in [7, 11) is 0. The summed E-state index contributed by atoms with van der Waals surface area (Å²) in [6.07, 6.45) is 3.17. The minimum Gasteiger partial charge on any atom is -0.447 e. The van der Waals surface area contributed by atoms with Crippen molar-refractivity contribution in [2.24, 2.45) is 0 Å². The molecule has 2 amide bonds. The van der Waals surface area contributed by atoms with E-state index >= 15 is 0 Å². The van der Waals surface area contributed by atoms with Crippen LogP contribution in [0.4, 0.5) is 16.2 Å². The number of benzene rings is 2. The number of amides is 2. The Hall–Kier alpha value is -3.61. The number of aromatic nitrogens is 2. The van der Waals surface area contributed by atoms with E-state index in [1.165, 1.54) is 4.90 Å². The maximum absolute atomic E-state index is 12.5. The molecule has 3 aromatic rings. The van der Waals surface area contributed by atoms with Crippen LogP contribution >= 0.6 is 0 Å². The summed E-state index contributed by atoms with van der Waals surface area (Å²) in [5.74, 6) is -0.224. The van der Waals surface area contributed by atoms with Crippen LogP contribution in [0.1, 0.15) is 10.4 Å². The maximum atomic E-state index is 12.5. The first-order chi connectivity index (χ1) is 12.7. The molecule has 2 heterocycles. The van der Waals surface area contributed by atoms with Gasteiger partial charge in [-0.3, -0.25) is 9.69 Å². The molecule has 1 aromatic heterocycles. The van der Waals surface area contributed by atoms with E-state index < -0.39 is 0 Å². The molecule has 0 saturated carbocycles. The van der Waals surface area contributed by atoms with Crippen molar-refractivity contribution in [3.8, 4) is 5.69 Å². The Labute approximate surface area is 149 Å². The summed E-state index contributed by atoms with van der Waals surface area (Å²) in [5, 5.41) is 7.05. The summed E-state index contributed by atoms with van der Waals surface area (Å²) in [6.45, 7) is 0.901. The van der Waals surface area contributed by atoms with E-state index in [1.807, 2.05) is 36.5 Å². The van der Waals surface area contributed by atoms with Crippen LogP contribution in [0.2, 0.25) is 0 Å². The zero-order valence-corrected chi connectivity index (χ0v) is 13.8. The normalized spacial score (nSPS) is 13.5. The first-order valence-electron chi connectivity index (χ1n) is 8.16. The molecule has 1 fully saturated rings. The lowest BCUT2D eigenvalue weighted by Gasteiger charge is -2.13. The minimum atomic E-state index is -0.363. The zero-order valence-electron chi connectivity index (χ0n) is 13.8. The van der Waals surface area contributed by atoms with Crippen LogP contribution in [-0.2, 0) is 4.74 Å². The fraction of sp³-hybridized carbons (Fsp3) is 0.105. The number of cyclic esters (lactones) is 1. The van der Waals surface area contributed by atoms with Gasteiger partial charge in [0.1, 0.15) is 6.61 Å². The van der Waals surface area contributed by atoms with Crippen LogP contribution < -0.4 is 10.2 Å². The monoisotopic (exact) mass is 348 g/mol. The van der Waals surface area contributed by atoms with Gasteiger partial charge in [-0.2, -0.15) is 5.10 Å². The molecule has 7 nitrogen and oxygen atoms in total. The third kappa shape index (κ3) is 3.14. The van der Waals surface area contributed by atoms with Crippen molar-refractivity contribution in [2.45, 2.75) is 0 Å². The molecule has 0 aliphatic carbocycles. The molecule has 0 unspecified atom stereocenters. The number of nitrogens with zero attached hydrogens (tertiary/aromatic N) is 3. The fourth-order valence-corrected chi connectivity index (χ4v) is 2.77. The molecule has 1 saturated heterocycles. The lowest BCUT2D eigenvalue weighted by molar-refractivity contribution is 0.102. The number of ether oxygens (including phenoxy) is 1. The Morgan fingerprint density at radius 1 is 1.08 bits per heavy atom. The summed E-state index contributed by atoms with van der Waals surface area (Å²) < 4.78 is 6.64. The molecule has 26 heavy (non-hydrogen) atoms. The topological polar surface area (TPSA) is 76.5 Å². The average Bonchev–Trinajstić information content (AvgIpc) is 3.34. The number of carbonyl (C=O) groups is 2. The van der Waals surface area contributed by atoms with Gasteiger partial charge in [-0.05, 0) is 48.5 Å². The Bertz CT molecular complexity index is 936. The van der Waals surface area contributed by atoms with Crippen LogP contribution in [0.3, 0.4) is 0 Å². The van der Waals surface area contributed by atoms with E-state index in [-0.39, 0.29) is 12.0 Å². The van der Waals surface area contributed by atoms with E-state index in [0.29, 0.717) is 30.1 Å². The quantitative estimate of drug-likeness (QED) is 0.786. The molecule has 7 heteroatoms. The number of anilines is 2. The van der Waals surface area contributed by atoms with Crippen LogP contribution in [0, 0.1) is 0 Å². The van der Waals surface area contributed by atoms with Gasteiger partial charge in [-0.25, -0.2) is 9.48 Å². The second-order valence-electron chi connectivity index (χ2n) is 5.77. The predicted molar refractivity (Wildman–Crippen MR) is 96.7 cm³/mol. The molecular formula is C19H16N4O3. The smallest absolute Gasteiger partial charge is 0.414 e. The molecule has 2 aromatic carbocycles. The molecule has 0 radical (unpaired) electrons. The highest BCUT2D eigenvalue weighted by atomic mass is 16.6. The molecular weight excluding hydrogens is 332 g/mol. The van der Waals surface area contributed by atoms with Crippen LogP contribution in [-0.4, -0.2) is 34.9 Å². The molecule has 0 spiro atoms. The summed E-state index contributed by atoms with van der Waals surface area (Å²) in [4.78, 5) is 25.6. The largest absolute Gasteiger partial charge is 0.447 e. The van der Waals surface area contributed by atoms with Crippen molar-refractivity contribution in [1.82, 2.24) is 9.78 Å². The maximum Gasteiger partial charge on any atom is 0.414 e. The molecule has 0 atom stereocenters. The number of carbonyl (C=O) groups excluding carboxylic acids is 2. The molecule has 1 aliphatic heterocycles. The standard InChI is InChI=1S/C19H16N4O3/c24-18(14-5-7-16(8-6-14)22-11-12-26-19(22)25)21-15-3-1-4-17(13-15)23-10-2-9-20-23/h1-10,13H,11-12H2,(H,21,24). The van der Waals surface area contributed by atoms with Gasteiger partial charge >= 0.3 is 6.09 Å². The second-order valence-corrected chi connectivity index (χ2v) is 5.77. The number of hydrogen-bond donors (Lipinski definition) is 1. The van der Waals surface area contributed by atoms with E-state index in [4.69, 9.17) is 4.74 Å². The molecule has 1 N–H and O–H groups in total. The van der Waals surface area contributed by atoms with Gasteiger partial charge in [0.2, 0.25) is 0 Å². The fourth-order valence-electron chi connectivity index (χ4n) is 2.77. The first-order valence-corrected chi connectivity index (χ1v) is 8.16. The lowest BCUT2D eigenvalue weighted by Crippen LogP contribution is -2.23. The summed E-state index contributed by atoms with van der Waals surface area (Å²) >= 11 is 0. The minimum absolute atomic E-state index is 0.224. The highest BCUT2D eigenvalue weighted by Crippen LogP contribution is 2.20. The number of nitrogens with one attached hydrogen (secondary N) is 1. The third-order valence-corrected chi connectivity index (χ3v) is 4.07. The van der Waals surface area contributed by atoms with E-state index in [0.717, 1.165) is 5.69 Å². The third-order valence-electron chi connectivity index (χ3n) is 4.07. The summed E-state index contributed by atoms with van der Waals surface area (Å²) in [5.41, 5.74) is 2.75. The zero-order chi connectivity index (χ0) is 17.9. The van der Waals surface area contributed by atoms with E-state index in [2.05, 4.69) is 10.4 Å². The Morgan fingerprint density at radius 2 is 1.92 bits per heavy atom. The highest BCUT2D eigenvalue weighted by molar-refractivity contribution is 6.04. The van der Waals surface area contributed by atoms with Gasteiger partial charge < -0.3 is 10.1 Å². The van der Waals surface area contributed by atoms with Crippen molar-refractivity contribution in [2.75, 3.05) is 23.4 Å². The van der Waals surface area contributed by atoms with Crippen molar-refractivity contribution in [1.29, 1.82) is 0 Å². The van der Waals surface area contributed by atoms with Crippen molar-refractivity contribution >= 4 is 23.4 Å². The van der Waals surface area contributed by atoms with Gasteiger partial charge in [0.15, 0.2) is 0 Å². The molecule has 0 bridgehead atoms. The molecule has 1 aliphatic rings. The van der Waals surface area contributed by atoms with Gasteiger partial charge in [0, 0.05) is 29.3 Å². The van der Waals surface area contributed by atoms with Gasteiger partial charge in [-0.15, -0.1) is 0 Å². The average molecular weight is 348 g/mol. The Balaban J connectivity index is 1.48. The number of hydrogen-bond acceptors (Lipinski definition) is 4. The SMILES string of the molecule is O=C(Nc1cccc(-n2cccn2)c1)c1ccc(N2CCOC2=O)cc1. The van der Waals surface area contributed by atoms with Gasteiger partial charge in [-0.1, -0.05) is 6.07 Å². The van der Waals surface area contributed by atoms with Crippen molar-refractivity contribution in [3.05, 3.63) is 72.6 Å². The number of rotatable bonds is 4. The van der Waals surface area contributed by atoms with Gasteiger partial charge in [0.25, 0.3) is 5.91 Å². The molecule has 4 rings (SSSR count). The lowest BCUT2D eigenvalue weighted by atomic mass is 10.1. The highest BCUT2D eigenvalue weighted by Gasteiger charge is 2.23. The Morgan fingerprint density at radius 3 is 2.62 bits per heavy atom. The van der Waals surface area contributed by atoms with Crippen LogP contribution in [0.25, 0.3) is 5.69 Å².